The number of hydrogen-bond acceptors (Lipinski definition) is 8. The molecule has 0 aliphatic rings. The van der Waals surface area contributed by atoms with Crippen molar-refractivity contribution in [3.8, 4) is 17.3 Å². The summed E-state index contributed by atoms with van der Waals surface area (Å²) < 4.78 is 1.85. The van der Waals surface area contributed by atoms with Gasteiger partial charge >= 0.3 is 0 Å². The first-order valence-corrected chi connectivity index (χ1v) is 11.4. The first-order chi connectivity index (χ1) is 17.2. The molecule has 2 heterocycles. The predicted molar refractivity (Wildman–Crippen MR) is 142 cm³/mol. The summed E-state index contributed by atoms with van der Waals surface area (Å²) in [4.78, 5) is 24.4. The third-order valence-corrected chi connectivity index (χ3v) is 6.18. The second kappa shape index (κ2) is 10.0. The number of nitro benzene ring substituents is 1. The molecule has 1 N–H and O–H groups in total. The normalized spacial score (nSPS) is 11.0. The summed E-state index contributed by atoms with van der Waals surface area (Å²) in [6, 6.07) is 15.1. The molecule has 2 aromatic carbocycles. The van der Waals surface area contributed by atoms with Gasteiger partial charge in [-0.15, -0.1) is 0 Å². The van der Waals surface area contributed by atoms with Crippen LogP contribution in [-0.4, -0.2) is 58.6 Å². The van der Waals surface area contributed by atoms with E-state index >= 15 is 0 Å². The molecule has 2 aromatic heterocycles. The highest BCUT2D eigenvalue weighted by Crippen LogP contribution is 2.36. The van der Waals surface area contributed by atoms with E-state index in [0.29, 0.717) is 29.3 Å². The second-order valence-electron chi connectivity index (χ2n) is 8.94. The molecule has 0 atom stereocenters. The number of nitro groups is 1. The van der Waals surface area contributed by atoms with Gasteiger partial charge in [0, 0.05) is 55.9 Å². The van der Waals surface area contributed by atoms with E-state index in [-0.39, 0.29) is 16.6 Å². The van der Waals surface area contributed by atoms with Crippen LogP contribution in [0.4, 0.5) is 23.0 Å². The van der Waals surface area contributed by atoms with Gasteiger partial charge in [0.1, 0.15) is 17.5 Å². The van der Waals surface area contributed by atoms with Crippen LogP contribution < -0.4 is 10.2 Å². The fourth-order valence-corrected chi connectivity index (χ4v) is 4.20. The van der Waals surface area contributed by atoms with Gasteiger partial charge < -0.3 is 19.7 Å². The molecule has 0 amide bonds. The average Bonchev–Trinajstić information content (AvgIpc) is 3.15. The number of nitriles is 1. The Hall–Kier alpha value is -4.49. The molecule has 0 saturated carbocycles. The molecular weight excluding hydrogens is 456 g/mol. The Bertz CT molecular complexity index is 1490. The van der Waals surface area contributed by atoms with E-state index in [1.165, 1.54) is 6.07 Å². The fourth-order valence-electron chi connectivity index (χ4n) is 4.20. The molecule has 0 fully saturated rings. The van der Waals surface area contributed by atoms with Crippen LogP contribution >= 0.6 is 0 Å². The molecule has 0 aliphatic heterocycles. The van der Waals surface area contributed by atoms with Crippen LogP contribution in [-0.2, 0) is 7.05 Å². The smallest absolute Gasteiger partial charge is 0.294 e. The Balaban J connectivity index is 1.72. The zero-order valence-corrected chi connectivity index (χ0v) is 21.0. The zero-order valence-electron chi connectivity index (χ0n) is 21.0. The topological polar surface area (TPSA) is 116 Å². The number of nitrogens with one attached hydrogen (secondary N) is 1. The molecule has 4 aromatic rings. The first kappa shape index (κ1) is 24.6. The van der Waals surface area contributed by atoms with Crippen LogP contribution in [0.5, 0.6) is 0 Å². The molecular formula is C26H28N8O2. The third-order valence-electron chi connectivity index (χ3n) is 6.18. The molecule has 184 valence electrons. The van der Waals surface area contributed by atoms with Gasteiger partial charge in [-0.05, 0) is 44.8 Å². The number of rotatable bonds is 8. The molecule has 0 radical (unpaired) electrons. The van der Waals surface area contributed by atoms with Gasteiger partial charge in [0.25, 0.3) is 5.69 Å². The third kappa shape index (κ3) is 4.69. The van der Waals surface area contributed by atoms with Crippen molar-refractivity contribution in [3.63, 3.8) is 0 Å². The number of aromatic nitrogens is 3. The van der Waals surface area contributed by atoms with Crippen LogP contribution in [0.1, 0.15) is 11.3 Å². The Labute approximate surface area is 209 Å². The molecule has 0 unspecified atom stereocenters. The molecule has 0 spiro atoms. The zero-order chi connectivity index (χ0) is 26.0. The standard InChI is InChI=1S/C26H28N8O2/c1-17-14-22(32(4)13-12-31(2)3)23(34(35)36)15-20(17)30-26-28-11-10-19(29-26)25-18-8-6-7-9-21(18)33(5)24(25)16-27/h6-11,14-15H,12-13H2,1-5H3,(H,28,29,30). The maximum atomic E-state index is 11.9. The molecule has 36 heavy (non-hydrogen) atoms. The van der Waals surface area contributed by atoms with Crippen LogP contribution in [0.25, 0.3) is 22.2 Å². The van der Waals surface area contributed by atoms with Crippen molar-refractivity contribution in [2.24, 2.45) is 7.05 Å². The fraction of sp³-hybridized carbons (Fsp3) is 0.269. The minimum absolute atomic E-state index is 0.00123. The molecule has 0 bridgehead atoms. The number of fused-ring (bicyclic) bond motifs is 1. The minimum Gasteiger partial charge on any atom is -0.368 e. The van der Waals surface area contributed by atoms with E-state index < -0.39 is 0 Å². The molecule has 10 nitrogen and oxygen atoms in total. The quantitative estimate of drug-likeness (QED) is 0.288. The van der Waals surface area contributed by atoms with Crippen molar-refractivity contribution in [1.29, 1.82) is 5.26 Å². The number of benzene rings is 2. The summed E-state index contributed by atoms with van der Waals surface area (Å²) in [6.45, 7) is 3.31. The van der Waals surface area contributed by atoms with E-state index in [0.717, 1.165) is 28.6 Å². The number of para-hydroxylation sites is 1. The summed E-state index contributed by atoms with van der Waals surface area (Å²) in [5, 5.41) is 25.8. The van der Waals surface area contributed by atoms with Crippen LogP contribution in [0.15, 0.2) is 48.7 Å². The number of aryl methyl sites for hydroxylation is 2. The van der Waals surface area contributed by atoms with Crippen molar-refractivity contribution in [1.82, 2.24) is 19.4 Å². The monoisotopic (exact) mass is 484 g/mol. The molecule has 0 saturated heterocycles. The second-order valence-corrected chi connectivity index (χ2v) is 8.94. The summed E-state index contributed by atoms with van der Waals surface area (Å²) >= 11 is 0. The number of anilines is 3. The van der Waals surface area contributed by atoms with Crippen LogP contribution in [0, 0.1) is 28.4 Å². The lowest BCUT2D eigenvalue weighted by Crippen LogP contribution is -2.29. The van der Waals surface area contributed by atoms with Gasteiger partial charge in [-0.1, -0.05) is 18.2 Å². The Morgan fingerprint density at radius 2 is 1.92 bits per heavy atom. The lowest BCUT2D eigenvalue weighted by atomic mass is 10.1. The summed E-state index contributed by atoms with van der Waals surface area (Å²) in [7, 11) is 7.63. The van der Waals surface area contributed by atoms with Crippen molar-refractivity contribution in [2.45, 2.75) is 6.92 Å². The van der Waals surface area contributed by atoms with Crippen molar-refractivity contribution >= 4 is 33.9 Å². The average molecular weight is 485 g/mol. The highest BCUT2D eigenvalue weighted by Gasteiger charge is 2.21. The van der Waals surface area contributed by atoms with Gasteiger partial charge in [-0.3, -0.25) is 10.1 Å². The van der Waals surface area contributed by atoms with Crippen LogP contribution in [0.3, 0.4) is 0 Å². The Morgan fingerprint density at radius 3 is 2.61 bits per heavy atom. The van der Waals surface area contributed by atoms with E-state index in [1.807, 2.05) is 73.7 Å². The van der Waals surface area contributed by atoms with Gasteiger partial charge in [-0.25, -0.2) is 9.97 Å². The highest BCUT2D eigenvalue weighted by molar-refractivity contribution is 5.98. The number of nitrogens with zero attached hydrogens (tertiary/aromatic N) is 7. The number of hydrogen-bond donors (Lipinski definition) is 1. The minimum atomic E-state index is -0.376. The maximum Gasteiger partial charge on any atom is 0.294 e. The molecule has 0 aliphatic carbocycles. The van der Waals surface area contributed by atoms with E-state index in [2.05, 4.69) is 21.4 Å². The van der Waals surface area contributed by atoms with Crippen molar-refractivity contribution in [3.05, 3.63) is 70.0 Å². The highest BCUT2D eigenvalue weighted by atomic mass is 16.6. The summed E-state index contributed by atoms with van der Waals surface area (Å²) in [6.07, 6.45) is 1.61. The summed E-state index contributed by atoms with van der Waals surface area (Å²) in [5.74, 6) is 0.287. The van der Waals surface area contributed by atoms with E-state index in [9.17, 15) is 15.4 Å². The van der Waals surface area contributed by atoms with E-state index in [1.54, 1.807) is 18.3 Å². The van der Waals surface area contributed by atoms with Gasteiger partial charge in [-0.2, -0.15) is 5.26 Å². The molecule has 10 heteroatoms. The van der Waals surface area contributed by atoms with Gasteiger partial charge in [0.05, 0.1) is 16.3 Å². The van der Waals surface area contributed by atoms with Gasteiger partial charge in [0.2, 0.25) is 5.95 Å². The Morgan fingerprint density at radius 1 is 1.17 bits per heavy atom. The number of likely N-dealkylation sites (N-methyl/N-ethyl adjacent to an activating group) is 2. The summed E-state index contributed by atoms with van der Waals surface area (Å²) in [5.41, 5.74) is 4.66. The van der Waals surface area contributed by atoms with Crippen molar-refractivity contribution < 1.29 is 4.92 Å². The predicted octanol–water partition coefficient (Wildman–Crippen LogP) is 4.47. The lowest BCUT2D eigenvalue weighted by Gasteiger charge is -2.22. The van der Waals surface area contributed by atoms with E-state index in [4.69, 9.17) is 0 Å². The lowest BCUT2D eigenvalue weighted by molar-refractivity contribution is -0.384. The maximum absolute atomic E-state index is 11.9. The van der Waals surface area contributed by atoms with Crippen molar-refractivity contribution in [2.75, 3.05) is 44.4 Å². The van der Waals surface area contributed by atoms with Crippen LogP contribution in [0.2, 0.25) is 0 Å². The van der Waals surface area contributed by atoms with Gasteiger partial charge in [0.15, 0.2) is 0 Å². The first-order valence-electron chi connectivity index (χ1n) is 11.4. The molecule has 4 rings (SSSR count). The Kier molecular flexibility index (Phi) is 6.85. The SMILES string of the molecule is Cc1cc(N(C)CCN(C)C)c([N+](=O)[O-])cc1Nc1nccc(-c2c(C#N)n(C)c3ccccc23)n1. The largest absolute Gasteiger partial charge is 0.368 e.